The molecule has 2 unspecified atom stereocenters. The Kier molecular flexibility index (Phi) is 10.8. The molecule has 7 nitrogen and oxygen atoms in total. The SMILES string of the molecule is CC(CCCCCC(=O)CCCCCC(C)(c1ccccc1)S(=O)(=O)O)(c1ccccc1)S(=O)(=O)O. The number of hydrogen-bond acceptors (Lipinski definition) is 5. The molecular weight excluding hydrogens is 500 g/mol. The molecule has 2 N–H and O–H groups in total. The van der Waals surface area contributed by atoms with Gasteiger partial charge in [0.1, 0.15) is 15.3 Å². The van der Waals surface area contributed by atoms with Gasteiger partial charge in [-0.2, -0.15) is 16.8 Å². The van der Waals surface area contributed by atoms with Gasteiger partial charge in [0.2, 0.25) is 0 Å². The maximum Gasteiger partial charge on any atom is 0.274 e. The van der Waals surface area contributed by atoms with Crippen LogP contribution in [0.5, 0.6) is 0 Å². The summed E-state index contributed by atoms with van der Waals surface area (Å²) in [6, 6.07) is 17.3. The Hall–Kier alpha value is -2.07. The van der Waals surface area contributed by atoms with Crippen LogP contribution in [0.4, 0.5) is 0 Å². The topological polar surface area (TPSA) is 126 Å². The van der Waals surface area contributed by atoms with Crippen LogP contribution in [0.2, 0.25) is 0 Å². The van der Waals surface area contributed by atoms with Crippen molar-refractivity contribution in [3.05, 3.63) is 71.8 Å². The molecule has 0 heterocycles. The molecule has 2 aromatic rings. The van der Waals surface area contributed by atoms with Crippen molar-refractivity contribution in [2.24, 2.45) is 0 Å². The number of unbranched alkanes of at least 4 members (excludes halogenated alkanes) is 4. The van der Waals surface area contributed by atoms with Gasteiger partial charge >= 0.3 is 0 Å². The Morgan fingerprint density at radius 2 is 0.944 bits per heavy atom. The highest BCUT2D eigenvalue weighted by atomic mass is 32.2. The van der Waals surface area contributed by atoms with Gasteiger partial charge in [0.25, 0.3) is 20.2 Å². The van der Waals surface area contributed by atoms with E-state index in [4.69, 9.17) is 0 Å². The van der Waals surface area contributed by atoms with Crippen LogP contribution < -0.4 is 0 Å². The zero-order chi connectivity index (χ0) is 26.9. The molecular formula is C27H38O7S2. The van der Waals surface area contributed by atoms with E-state index in [9.17, 15) is 30.7 Å². The number of Topliss-reactive ketones (excluding diaryl/α,β-unsaturated/α-hetero) is 1. The molecule has 0 fully saturated rings. The molecule has 0 aromatic heterocycles. The molecule has 0 saturated heterocycles. The summed E-state index contributed by atoms with van der Waals surface area (Å²) in [7, 11) is -8.59. The van der Waals surface area contributed by atoms with Gasteiger partial charge in [-0.1, -0.05) is 86.3 Å². The van der Waals surface area contributed by atoms with Crippen LogP contribution >= 0.6 is 0 Å². The van der Waals surface area contributed by atoms with Crippen molar-refractivity contribution >= 4 is 26.0 Å². The van der Waals surface area contributed by atoms with Gasteiger partial charge in [0, 0.05) is 12.8 Å². The maximum absolute atomic E-state index is 12.3. The van der Waals surface area contributed by atoms with E-state index < -0.39 is 29.7 Å². The quantitative estimate of drug-likeness (QED) is 0.196. The monoisotopic (exact) mass is 538 g/mol. The zero-order valence-electron chi connectivity index (χ0n) is 21.1. The molecule has 0 radical (unpaired) electrons. The van der Waals surface area contributed by atoms with Gasteiger partial charge in [0.05, 0.1) is 0 Å². The second-order valence-electron chi connectivity index (χ2n) is 9.80. The summed E-state index contributed by atoms with van der Waals surface area (Å²) in [6.07, 6.45) is 5.09. The second-order valence-corrected chi connectivity index (χ2v) is 13.5. The van der Waals surface area contributed by atoms with Gasteiger partial charge in [-0.25, -0.2) is 0 Å². The minimum atomic E-state index is -4.30. The minimum absolute atomic E-state index is 0.121. The summed E-state index contributed by atoms with van der Waals surface area (Å²) in [5, 5.41) is 0. The summed E-state index contributed by atoms with van der Waals surface area (Å²) < 4.78 is 65.0. The van der Waals surface area contributed by atoms with Crippen molar-refractivity contribution in [2.75, 3.05) is 0 Å². The normalized spacial score (nSPS) is 15.7. The third kappa shape index (κ3) is 7.96. The van der Waals surface area contributed by atoms with E-state index in [-0.39, 0.29) is 18.6 Å². The van der Waals surface area contributed by atoms with Gasteiger partial charge in [0.15, 0.2) is 0 Å². The third-order valence-corrected chi connectivity index (χ3v) is 10.3. The van der Waals surface area contributed by atoms with Crippen molar-refractivity contribution in [3.63, 3.8) is 0 Å². The summed E-state index contributed by atoms with van der Waals surface area (Å²) in [5.74, 6) is 0.121. The molecule has 36 heavy (non-hydrogen) atoms. The molecule has 9 heteroatoms. The lowest BCUT2D eigenvalue weighted by Gasteiger charge is -2.27. The van der Waals surface area contributed by atoms with E-state index in [0.717, 1.165) is 0 Å². The van der Waals surface area contributed by atoms with Crippen molar-refractivity contribution in [1.82, 2.24) is 0 Å². The summed E-state index contributed by atoms with van der Waals surface area (Å²) in [4.78, 5) is 12.3. The number of benzene rings is 2. The third-order valence-electron chi connectivity index (χ3n) is 7.13. The van der Waals surface area contributed by atoms with E-state index in [0.29, 0.717) is 62.5 Å². The first kappa shape index (κ1) is 30.2. The smallest absolute Gasteiger partial charge is 0.274 e. The van der Waals surface area contributed by atoms with Crippen molar-refractivity contribution in [1.29, 1.82) is 0 Å². The molecule has 2 rings (SSSR count). The van der Waals surface area contributed by atoms with Crippen LogP contribution in [0.3, 0.4) is 0 Å². The summed E-state index contributed by atoms with van der Waals surface area (Å²) >= 11 is 0. The fourth-order valence-corrected chi connectivity index (χ4v) is 6.15. The van der Waals surface area contributed by atoms with Crippen LogP contribution in [0.15, 0.2) is 60.7 Å². The Labute approximate surface area is 215 Å². The van der Waals surface area contributed by atoms with E-state index >= 15 is 0 Å². The van der Waals surface area contributed by atoms with Gasteiger partial charge < -0.3 is 0 Å². The van der Waals surface area contributed by atoms with Crippen molar-refractivity contribution < 1.29 is 30.7 Å². The van der Waals surface area contributed by atoms with Gasteiger partial charge in [-0.05, 0) is 50.7 Å². The lowest BCUT2D eigenvalue weighted by Crippen LogP contribution is -2.32. The van der Waals surface area contributed by atoms with Crippen LogP contribution in [0.1, 0.15) is 89.2 Å². The molecule has 0 bridgehead atoms. The fourth-order valence-electron chi connectivity index (χ4n) is 4.47. The number of carbonyl (C=O) groups is 1. The van der Waals surface area contributed by atoms with Gasteiger partial charge in [-0.15, -0.1) is 0 Å². The van der Waals surface area contributed by atoms with E-state index in [1.165, 1.54) is 13.8 Å². The van der Waals surface area contributed by atoms with Crippen LogP contribution in [0, 0.1) is 0 Å². The molecule has 2 aromatic carbocycles. The first-order valence-corrected chi connectivity index (χ1v) is 15.3. The lowest BCUT2D eigenvalue weighted by atomic mass is 9.93. The predicted octanol–water partition coefficient (Wildman–Crippen LogP) is 6.06. The highest BCUT2D eigenvalue weighted by Crippen LogP contribution is 2.36. The Bertz CT molecular complexity index is 1090. The fraction of sp³-hybridized carbons (Fsp3) is 0.519. The van der Waals surface area contributed by atoms with E-state index in [2.05, 4.69) is 0 Å². The Balaban J connectivity index is 1.72. The Morgan fingerprint density at radius 1 is 0.611 bits per heavy atom. The standard InChI is InChI=1S/C27H38O7S2/c1-26(35(29,30)31,23-15-7-3-8-16-23)21-13-5-11-19-25(28)20-12-6-14-22-27(2,36(32,33)34)24-17-9-4-10-18-24/h3-4,7-10,15-18H,5-6,11-14,19-22H2,1-2H3,(H,29,30,31)(H,32,33,34). The highest BCUT2D eigenvalue weighted by molar-refractivity contribution is 7.87. The minimum Gasteiger partial charge on any atom is -0.300 e. The zero-order valence-corrected chi connectivity index (χ0v) is 22.7. The number of hydrogen-bond donors (Lipinski definition) is 2. The van der Waals surface area contributed by atoms with E-state index in [1.807, 2.05) is 0 Å². The molecule has 0 aliphatic heterocycles. The van der Waals surface area contributed by atoms with Crippen molar-refractivity contribution in [3.8, 4) is 0 Å². The molecule has 0 aliphatic rings. The van der Waals surface area contributed by atoms with Crippen LogP contribution in [-0.4, -0.2) is 31.7 Å². The second kappa shape index (κ2) is 12.9. The molecule has 0 amide bonds. The first-order valence-electron chi connectivity index (χ1n) is 12.4. The average molecular weight is 539 g/mol. The lowest BCUT2D eigenvalue weighted by molar-refractivity contribution is -0.119. The maximum atomic E-state index is 12.3. The highest BCUT2D eigenvalue weighted by Gasteiger charge is 2.40. The Morgan fingerprint density at radius 3 is 1.25 bits per heavy atom. The molecule has 0 aliphatic carbocycles. The summed E-state index contributed by atoms with van der Waals surface area (Å²) in [5.41, 5.74) is 1.09. The first-order chi connectivity index (χ1) is 16.8. The molecule has 200 valence electrons. The predicted molar refractivity (Wildman–Crippen MR) is 142 cm³/mol. The van der Waals surface area contributed by atoms with Crippen LogP contribution in [0.25, 0.3) is 0 Å². The largest absolute Gasteiger partial charge is 0.300 e. The number of carbonyl (C=O) groups excluding carboxylic acids is 1. The molecule has 2 atom stereocenters. The molecule has 0 spiro atoms. The van der Waals surface area contributed by atoms with Gasteiger partial charge in [-0.3, -0.25) is 13.9 Å². The van der Waals surface area contributed by atoms with Crippen LogP contribution in [-0.2, 0) is 34.5 Å². The number of ketones is 1. The summed E-state index contributed by atoms with van der Waals surface area (Å²) in [6.45, 7) is 3.04. The average Bonchev–Trinajstić information content (AvgIpc) is 2.83. The van der Waals surface area contributed by atoms with Crippen molar-refractivity contribution in [2.45, 2.75) is 87.5 Å². The number of rotatable bonds is 16. The van der Waals surface area contributed by atoms with E-state index in [1.54, 1.807) is 60.7 Å². The molecule has 0 saturated carbocycles.